The average molecular weight is 451 g/mol. The largest absolute Gasteiger partial charge is 0.394 e. The first-order chi connectivity index (χ1) is 14.4. The number of carbonyl (C=O) groups excluding carboxylic acids is 1. The van der Waals surface area contributed by atoms with Crippen LogP contribution in [0.1, 0.15) is 40.5 Å². The third kappa shape index (κ3) is 5.43. The number of benzene rings is 1. The molecule has 0 bridgehead atoms. The Kier molecular flexibility index (Phi) is 7.55. The Morgan fingerprint density at radius 1 is 1.30 bits per heavy atom. The SMILES string of the molecule is C[C@@H](CO)NC1=CC(c2c[nH]c(C(=O)N[C@H](CO)c3cccc(Cl)c3)c2)C(Cl)C=N1. The number of allylic oxidation sites excluding steroid dienone is 1. The third-order valence-corrected chi connectivity index (χ3v) is 5.40. The van der Waals surface area contributed by atoms with E-state index in [1.807, 2.05) is 13.0 Å². The number of nitrogens with zero attached hydrogens (tertiary/aromatic N) is 1. The third-order valence-electron chi connectivity index (χ3n) is 4.78. The molecule has 1 aliphatic heterocycles. The Bertz CT molecular complexity index is 944. The molecule has 160 valence electrons. The fourth-order valence-corrected chi connectivity index (χ4v) is 3.61. The Labute approximate surface area is 184 Å². The van der Waals surface area contributed by atoms with Crippen LogP contribution in [0.5, 0.6) is 0 Å². The predicted octanol–water partition coefficient (Wildman–Crippen LogP) is 2.72. The van der Waals surface area contributed by atoms with Crippen molar-refractivity contribution in [2.24, 2.45) is 4.99 Å². The molecule has 9 heteroatoms. The molecule has 3 rings (SSSR count). The van der Waals surface area contributed by atoms with Gasteiger partial charge in [-0.2, -0.15) is 0 Å². The summed E-state index contributed by atoms with van der Waals surface area (Å²) in [5, 5.41) is 25.0. The molecule has 7 nitrogen and oxygen atoms in total. The Balaban J connectivity index is 1.73. The minimum absolute atomic E-state index is 0.0189. The van der Waals surface area contributed by atoms with Crippen LogP contribution in [-0.4, -0.2) is 52.0 Å². The molecule has 0 aliphatic carbocycles. The lowest BCUT2D eigenvalue weighted by molar-refractivity contribution is 0.0911. The van der Waals surface area contributed by atoms with Gasteiger partial charge < -0.3 is 25.8 Å². The second-order valence-corrected chi connectivity index (χ2v) is 8.08. The van der Waals surface area contributed by atoms with Crippen LogP contribution in [0.2, 0.25) is 5.02 Å². The predicted molar refractivity (Wildman–Crippen MR) is 118 cm³/mol. The summed E-state index contributed by atoms with van der Waals surface area (Å²) >= 11 is 12.4. The number of alkyl halides is 1. The van der Waals surface area contributed by atoms with Crippen LogP contribution in [0.15, 0.2) is 53.4 Å². The van der Waals surface area contributed by atoms with Gasteiger partial charge in [-0.1, -0.05) is 23.7 Å². The fraction of sp³-hybridized carbons (Fsp3) is 0.333. The Morgan fingerprint density at radius 2 is 2.10 bits per heavy atom. The molecule has 0 saturated carbocycles. The minimum atomic E-state index is -0.582. The van der Waals surface area contributed by atoms with Gasteiger partial charge in [-0.15, -0.1) is 11.6 Å². The van der Waals surface area contributed by atoms with Crippen LogP contribution in [0.25, 0.3) is 0 Å². The normalized spacial score (nSPS) is 20.4. The molecular weight excluding hydrogens is 427 g/mol. The monoisotopic (exact) mass is 450 g/mol. The summed E-state index contributed by atoms with van der Waals surface area (Å²) in [7, 11) is 0. The molecule has 5 N–H and O–H groups in total. The molecule has 0 radical (unpaired) electrons. The molecule has 2 unspecified atom stereocenters. The van der Waals surface area contributed by atoms with E-state index in [4.69, 9.17) is 23.2 Å². The molecular formula is C21H24Cl2N4O3. The maximum absolute atomic E-state index is 12.7. The first kappa shape index (κ1) is 22.4. The van der Waals surface area contributed by atoms with Crippen LogP contribution < -0.4 is 10.6 Å². The van der Waals surface area contributed by atoms with E-state index >= 15 is 0 Å². The Hall–Kier alpha value is -2.32. The van der Waals surface area contributed by atoms with Crippen molar-refractivity contribution >= 4 is 35.3 Å². The van der Waals surface area contributed by atoms with Crippen molar-refractivity contribution in [3.63, 3.8) is 0 Å². The Morgan fingerprint density at radius 3 is 2.80 bits per heavy atom. The quantitative estimate of drug-likeness (QED) is 0.398. The van der Waals surface area contributed by atoms with Gasteiger partial charge in [-0.3, -0.25) is 4.79 Å². The van der Waals surface area contributed by atoms with E-state index in [0.717, 1.165) is 5.56 Å². The van der Waals surface area contributed by atoms with E-state index in [0.29, 0.717) is 22.1 Å². The van der Waals surface area contributed by atoms with Gasteiger partial charge >= 0.3 is 0 Å². The summed E-state index contributed by atoms with van der Waals surface area (Å²) < 4.78 is 0. The number of aromatic nitrogens is 1. The van der Waals surface area contributed by atoms with Crippen molar-refractivity contribution < 1.29 is 15.0 Å². The second kappa shape index (κ2) is 10.1. The number of hydrogen-bond donors (Lipinski definition) is 5. The van der Waals surface area contributed by atoms with Crippen LogP contribution in [-0.2, 0) is 0 Å². The van der Waals surface area contributed by atoms with Crippen molar-refractivity contribution in [3.8, 4) is 0 Å². The van der Waals surface area contributed by atoms with Gasteiger partial charge in [0, 0.05) is 29.4 Å². The summed E-state index contributed by atoms with van der Waals surface area (Å²) in [6, 6.07) is 7.99. The number of aliphatic hydroxyl groups is 2. The molecule has 1 amide bonds. The van der Waals surface area contributed by atoms with Gasteiger partial charge in [0.05, 0.1) is 24.6 Å². The van der Waals surface area contributed by atoms with E-state index in [-0.39, 0.29) is 36.5 Å². The minimum Gasteiger partial charge on any atom is -0.394 e. The lowest BCUT2D eigenvalue weighted by atomic mass is 9.96. The summed E-state index contributed by atoms with van der Waals surface area (Å²) in [5.74, 6) is 0.0657. The summed E-state index contributed by atoms with van der Waals surface area (Å²) in [5.41, 5.74) is 1.89. The molecule has 30 heavy (non-hydrogen) atoms. The van der Waals surface area contributed by atoms with Gasteiger partial charge in [0.25, 0.3) is 5.91 Å². The van der Waals surface area contributed by atoms with Crippen LogP contribution in [0.3, 0.4) is 0 Å². The zero-order chi connectivity index (χ0) is 21.7. The smallest absolute Gasteiger partial charge is 0.268 e. The summed E-state index contributed by atoms with van der Waals surface area (Å²) in [6.07, 6.45) is 5.23. The van der Waals surface area contributed by atoms with Crippen molar-refractivity contribution in [1.29, 1.82) is 0 Å². The lowest BCUT2D eigenvalue weighted by Gasteiger charge is -2.22. The molecule has 1 aromatic carbocycles. The van der Waals surface area contributed by atoms with E-state index < -0.39 is 6.04 Å². The number of amides is 1. The first-order valence-electron chi connectivity index (χ1n) is 9.54. The van der Waals surface area contributed by atoms with Crippen molar-refractivity contribution in [2.75, 3.05) is 13.2 Å². The van der Waals surface area contributed by atoms with Crippen LogP contribution in [0, 0.1) is 0 Å². The van der Waals surface area contributed by atoms with Crippen molar-refractivity contribution in [1.82, 2.24) is 15.6 Å². The number of aliphatic imine (C=N–C) groups is 1. The highest BCUT2D eigenvalue weighted by atomic mass is 35.5. The summed E-state index contributed by atoms with van der Waals surface area (Å²) in [4.78, 5) is 19.9. The second-order valence-electron chi connectivity index (χ2n) is 7.14. The van der Waals surface area contributed by atoms with E-state index in [1.54, 1.807) is 42.7 Å². The standard InChI is InChI=1S/C21H24Cl2N4O3/c1-12(10-28)26-20-7-16(17(23)9-25-20)14-6-18(24-8-14)21(30)27-19(11-29)13-3-2-4-15(22)5-13/h2-9,12,16-17,19,24,26,28-29H,10-11H2,1H3,(H,27,30)/t12-,16?,17?,19+/m0/s1. The van der Waals surface area contributed by atoms with Gasteiger partial charge in [-0.05, 0) is 42.3 Å². The van der Waals surface area contributed by atoms with Crippen LogP contribution >= 0.6 is 23.2 Å². The molecule has 0 saturated heterocycles. The number of aliphatic hydroxyl groups excluding tert-OH is 2. The molecule has 2 aromatic rings. The maximum Gasteiger partial charge on any atom is 0.268 e. The number of aromatic amines is 1. The van der Waals surface area contributed by atoms with Crippen molar-refractivity contribution in [2.45, 2.75) is 30.3 Å². The molecule has 1 aliphatic rings. The van der Waals surface area contributed by atoms with E-state index in [9.17, 15) is 15.0 Å². The number of hydrogen-bond acceptors (Lipinski definition) is 5. The van der Waals surface area contributed by atoms with Gasteiger partial charge in [0.15, 0.2) is 0 Å². The number of H-pyrrole nitrogens is 1. The average Bonchev–Trinajstić information content (AvgIpc) is 3.23. The van der Waals surface area contributed by atoms with Gasteiger partial charge in [0.2, 0.25) is 0 Å². The molecule has 4 atom stereocenters. The van der Waals surface area contributed by atoms with Gasteiger partial charge in [-0.25, -0.2) is 4.99 Å². The molecule has 0 fully saturated rings. The zero-order valence-electron chi connectivity index (χ0n) is 16.3. The number of nitrogens with one attached hydrogen (secondary N) is 3. The number of halogens is 2. The lowest BCUT2D eigenvalue weighted by Crippen LogP contribution is -2.31. The molecule has 2 heterocycles. The van der Waals surface area contributed by atoms with Crippen LogP contribution in [0.4, 0.5) is 0 Å². The van der Waals surface area contributed by atoms with E-state index in [1.165, 1.54) is 0 Å². The number of rotatable bonds is 8. The highest BCUT2D eigenvalue weighted by Gasteiger charge is 2.25. The number of carbonyl (C=O) groups is 1. The molecule has 1 aromatic heterocycles. The highest BCUT2D eigenvalue weighted by molar-refractivity contribution is 6.30. The maximum atomic E-state index is 12.7. The summed E-state index contributed by atoms with van der Waals surface area (Å²) in [6.45, 7) is 1.56. The van der Waals surface area contributed by atoms with Crippen molar-refractivity contribution in [3.05, 3.63) is 70.3 Å². The first-order valence-corrected chi connectivity index (χ1v) is 10.4. The highest BCUT2D eigenvalue weighted by Crippen LogP contribution is 2.29. The zero-order valence-corrected chi connectivity index (χ0v) is 17.9. The van der Waals surface area contributed by atoms with E-state index in [2.05, 4.69) is 20.6 Å². The molecule has 0 spiro atoms. The fourth-order valence-electron chi connectivity index (χ4n) is 3.14. The topological polar surface area (TPSA) is 110 Å². The van der Waals surface area contributed by atoms with Gasteiger partial charge in [0.1, 0.15) is 11.5 Å².